The third-order valence-electron chi connectivity index (χ3n) is 4.29. The molecule has 3 fully saturated rings. The van der Waals surface area contributed by atoms with E-state index in [-0.39, 0.29) is 0 Å². The Morgan fingerprint density at radius 3 is 2.33 bits per heavy atom. The summed E-state index contributed by atoms with van der Waals surface area (Å²) in [6.45, 7) is 7.01. The molecule has 0 spiro atoms. The molecule has 0 radical (unpaired) electrons. The minimum atomic E-state index is 0.365. The Labute approximate surface area is 74.2 Å². The highest BCUT2D eigenvalue weighted by atomic mass is 15.0. The largest absolute Gasteiger partial charge is 0.210 e. The van der Waals surface area contributed by atoms with Gasteiger partial charge in [0.2, 0.25) is 0 Å². The fraction of sp³-hybridized carbons (Fsp3) is 1.00. The molecule has 0 aromatic heterocycles. The minimum Gasteiger partial charge on any atom is -0.210 e. The van der Waals surface area contributed by atoms with Gasteiger partial charge in [0.05, 0.1) is 6.04 Å². The van der Waals surface area contributed by atoms with Crippen LogP contribution in [0.25, 0.3) is 0 Å². The van der Waals surface area contributed by atoms with Crippen molar-refractivity contribution in [2.45, 2.75) is 39.7 Å². The highest BCUT2D eigenvalue weighted by Crippen LogP contribution is 2.62. The maximum atomic E-state index is 7.15. The summed E-state index contributed by atoms with van der Waals surface area (Å²) in [5.41, 5.74) is 7.61. The first-order chi connectivity index (χ1) is 5.59. The lowest BCUT2D eigenvalue weighted by Crippen LogP contribution is -2.61. The molecule has 3 saturated carbocycles. The van der Waals surface area contributed by atoms with E-state index in [0.29, 0.717) is 23.3 Å². The number of nitrogens with zero attached hydrogens (tertiary/aromatic N) is 1. The van der Waals surface area contributed by atoms with Crippen molar-refractivity contribution in [2.24, 2.45) is 28.3 Å². The van der Waals surface area contributed by atoms with Crippen LogP contribution in [0.4, 0.5) is 0 Å². The zero-order valence-corrected chi connectivity index (χ0v) is 8.17. The van der Waals surface area contributed by atoms with Crippen molar-refractivity contribution in [1.29, 1.82) is 5.53 Å². The van der Waals surface area contributed by atoms with Crippen molar-refractivity contribution in [1.82, 2.24) is 0 Å². The molecular weight excluding hydrogens is 148 g/mol. The van der Waals surface area contributed by atoms with Crippen LogP contribution in [-0.2, 0) is 0 Å². The maximum Gasteiger partial charge on any atom is 0.0774 e. The Kier molecular flexibility index (Phi) is 1.57. The smallest absolute Gasteiger partial charge is 0.0774 e. The monoisotopic (exact) mass is 166 g/mol. The molecule has 0 aromatic carbocycles. The molecule has 4 unspecified atom stereocenters. The maximum absolute atomic E-state index is 7.15. The molecule has 2 bridgehead atoms. The van der Waals surface area contributed by atoms with Crippen molar-refractivity contribution in [3.63, 3.8) is 0 Å². The summed E-state index contributed by atoms with van der Waals surface area (Å²) in [5, 5.41) is 3.77. The number of nitrogens with one attached hydrogen (secondary N) is 1. The van der Waals surface area contributed by atoms with E-state index in [1.54, 1.807) is 0 Å². The highest BCUT2D eigenvalue weighted by Gasteiger charge is 2.60. The molecule has 12 heavy (non-hydrogen) atoms. The van der Waals surface area contributed by atoms with Gasteiger partial charge in [0, 0.05) is 0 Å². The molecule has 2 nitrogen and oxygen atoms in total. The highest BCUT2D eigenvalue weighted by molar-refractivity contribution is 5.11. The third kappa shape index (κ3) is 0.758. The fourth-order valence-electron chi connectivity index (χ4n) is 3.66. The summed E-state index contributed by atoms with van der Waals surface area (Å²) in [6.07, 6.45) is 2.64. The van der Waals surface area contributed by atoms with Crippen molar-refractivity contribution >= 4 is 0 Å². The zero-order valence-electron chi connectivity index (χ0n) is 8.17. The van der Waals surface area contributed by atoms with Crippen LogP contribution in [-0.4, -0.2) is 6.04 Å². The van der Waals surface area contributed by atoms with Crippen LogP contribution in [0.1, 0.15) is 33.6 Å². The Morgan fingerprint density at radius 1 is 1.33 bits per heavy atom. The van der Waals surface area contributed by atoms with Gasteiger partial charge in [0.15, 0.2) is 0 Å². The van der Waals surface area contributed by atoms with E-state index >= 15 is 0 Å². The normalized spacial score (nSPS) is 49.6. The standard InChI is InChI=1S/C10H18N2/c1-6-4-5-7-9(12-11)8(6)10(7,2)3/h6-9,11H,4-5H2,1-3H3. The topological polar surface area (TPSA) is 36.2 Å². The van der Waals surface area contributed by atoms with Crippen LogP contribution < -0.4 is 0 Å². The Bertz CT molecular complexity index is 210. The lowest BCUT2D eigenvalue weighted by molar-refractivity contribution is -0.123. The van der Waals surface area contributed by atoms with Crippen LogP contribution in [0, 0.1) is 28.7 Å². The first-order valence-electron chi connectivity index (χ1n) is 4.95. The second kappa shape index (κ2) is 2.30. The van der Waals surface area contributed by atoms with E-state index in [2.05, 4.69) is 25.9 Å². The van der Waals surface area contributed by atoms with Gasteiger partial charge < -0.3 is 0 Å². The van der Waals surface area contributed by atoms with Gasteiger partial charge in [-0.1, -0.05) is 20.8 Å². The second-order valence-electron chi connectivity index (χ2n) is 5.13. The summed E-state index contributed by atoms with van der Waals surface area (Å²) in [4.78, 5) is 0. The molecule has 1 N–H and O–H groups in total. The van der Waals surface area contributed by atoms with Crippen LogP contribution in [0.5, 0.6) is 0 Å². The van der Waals surface area contributed by atoms with E-state index in [9.17, 15) is 0 Å². The van der Waals surface area contributed by atoms with Gasteiger partial charge in [-0.05, 0) is 36.0 Å². The van der Waals surface area contributed by atoms with Crippen molar-refractivity contribution in [3.05, 3.63) is 0 Å². The van der Waals surface area contributed by atoms with Crippen LogP contribution >= 0.6 is 0 Å². The van der Waals surface area contributed by atoms with Gasteiger partial charge in [-0.3, -0.25) is 0 Å². The van der Waals surface area contributed by atoms with Crippen molar-refractivity contribution in [2.75, 3.05) is 0 Å². The molecular formula is C10H18N2. The first kappa shape index (κ1) is 8.21. The lowest BCUT2D eigenvalue weighted by atomic mass is 9.43. The van der Waals surface area contributed by atoms with Crippen LogP contribution in [0.2, 0.25) is 0 Å². The van der Waals surface area contributed by atoms with E-state index in [0.717, 1.165) is 5.92 Å². The molecule has 3 aliphatic rings. The average molecular weight is 166 g/mol. The number of hydrogen-bond donors (Lipinski definition) is 1. The van der Waals surface area contributed by atoms with Crippen LogP contribution in [0.3, 0.4) is 0 Å². The molecule has 0 aromatic rings. The molecule has 4 atom stereocenters. The van der Waals surface area contributed by atoms with Crippen molar-refractivity contribution < 1.29 is 0 Å². The zero-order chi connectivity index (χ0) is 8.93. The number of fused-ring (bicyclic) bond motifs is 2. The Balaban J connectivity index is 2.24. The SMILES string of the molecule is CC1CCC2C(N=N)C1C2(C)C. The van der Waals surface area contributed by atoms with Gasteiger partial charge in [-0.15, -0.1) is 0 Å². The molecule has 3 rings (SSSR count). The molecule has 68 valence electrons. The van der Waals surface area contributed by atoms with E-state index in [1.165, 1.54) is 12.8 Å². The Hall–Kier alpha value is -0.400. The summed E-state index contributed by atoms with van der Waals surface area (Å²) in [5.74, 6) is 2.18. The third-order valence-corrected chi connectivity index (χ3v) is 4.29. The number of hydrogen-bond acceptors (Lipinski definition) is 2. The molecule has 0 aliphatic heterocycles. The summed E-state index contributed by atoms with van der Waals surface area (Å²) in [6, 6.07) is 0.365. The molecule has 3 aliphatic carbocycles. The van der Waals surface area contributed by atoms with Gasteiger partial charge in [-0.2, -0.15) is 5.11 Å². The van der Waals surface area contributed by atoms with Gasteiger partial charge >= 0.3 is 0 Å². The van der Waals surface area contributed by atoms with Gasteiger partial charge in [0.1, 0.15) is 0 Å². The number of rotatable bonds is 1. The van der Waals surface area contributed by atoms with Gasteiger partial charge in [-0.25, -0.2) is 5.53 Å². The molecule has 0 heterocycles. The fourth-order valence-corrected chi connectivity index (χ4v) is 3.66. The van der Waals surface area contributed by atoms with Crippen molar-refractivity contribution in [3.8, 4) is 0 Å². The summed E-state index contributed by atoms with van der Waals surface area (Å²) < 4.78 is 0. The Morgan fingerprint density at radius 2 is 2.00 bits per heavy atom. The predicted octanol–water partition coefficient (Wildman–Crippen LogP) is 3.09. The second-order valence-corrected chi connectivity index (χ2v) is 5.13. The summed E-state index contributed by atoms with van der Waals surface area (Å²) >= 11 is 0. The quantitative estimate of drug-likeness (QED) is 0.581. The van der Waals surface area contributed by atoms with E-state index in [4.69, 9.17) is 5.53 Å². The van der Waals surface area contributed by atoms with E-state index < -0.39 is 0 Å². The molecule has 2 heteroatoms. The first-order valence-corrected chi connectivity index (χ1v) is 4.95. The molecule has 0 saturated heterocycles. The predicted molar refractivity (Wildman–Crippen MR) is 48.1 cm³/mol. The summed E-state index contributed by atoms with van der Waals surface area (Å²) in [7, 11) is 0. The lowest BCUT2D eigenvalue weighted by Gasteiger charge is -2.62. The minimum absolute atomic E-state index is 0.365. The average Bonchev–Trinajstić information content (AvgIpc) is 2.01. The molecule has 0 amide bonds. The van der Waals surface area contributed by atoms with E-state index in [1.807, 2.05) is 0 Å². The van der Waals surface area contributed by atoms with Gasteiger partial charge in [0.25, 0.3) is 0 Å². The van der Waals surface area contributed by atoms with Crippen LogP contribution in [0.15, 0.2) is 5.11 Å².